The van der Waals surface area contributed by atoms with Crippen LogP contribution in [0.15, 0.2) is 30.3 Å². The fourth-order valence-corrected chi connectivity index (χ4v) is 8.06. The molecule has 0 spiro atoms. The molecule has 0 heterocycles. The molecule has 2 fully saturated rings. The van der Waals surface area contributed by atoms with Crippen LogP contribution in [0.25, 0.3) is 5.57 Å². The third-order valence-electron chi connectivity index (χ3n) is 10.8. The number of rotatable bonds is 12. The summed E-state index contributed by atoms with van der Waals surface area (Å²) in [5.41, 5.74) is 1.82. The van der Waals surface area contributed by atoms with E-state index >= 15 is 0 Å². The maximum atomic E-state index is 14.9. The fraction of sp³-hybridized carbons (Fsp3) is 0.632. The van der Waals surface area contributed by atoms with Gasteiger partial charge in [-0.1, -0.05) is 51.2 Å². The number of unbranched alkanes of at least 4 members (excludes halogenated alkanes) is 1. The van der Waals surface area contributed by atoms with E-state index in [2.05, 4.69) is 6.08 Å². The summed E-state index contributed by atoms with van der Waals surface area (Å²) in [4.78, 5) is 0. The van der Waals surface area contributed by atoms with E-state index in [9.17, 15) is 17.6 Å². The summed E-state index contributed by atoms with van der Waals surface area (Å²) in [5, 5.41) is 0. The lowest BCUT2D eigenvalue weighted by Crippen LogP contribution is -2.24. The minimum Gasteiger partial charge on any atom is -0.491 e. The Hall–Kier alpha value is -2.50. The zero-order valence-electron chi connectivity index (χ0n) is 26.6. The van der Waals surface area contributed by atoms with Crippen LogP contribution in [0.5, 0.6) is 11.5 Å². The quantitative estimate of drug-likeness (QED) is 0.175. The zero-order valence-corrected chi connectivity index (χ0v) is 26.6. The predicted molar refractivity (Wildman–Crippen MR) is 169 cm³/mol. The third kappa shape index (κ3) is 7.83. The van der Waals surface area contributed by atoms with E-state index in [1.54, 1.807) is 31.2 Å². The summed E-state index contributed by atoms with van der Waals surface area (Å²) in [5.74, 6) is -0.311. The van der Waals surface area contributed by atoms with Gasteiger partial charge in [-0.15, -0.1) is 0 Å². The topological polar surface area (TPSA) is 18.5 Å². The van der Waals surface area contributed by atoms with Crippen LogP contribution in [0, 0.1) is 46.9 Å². The van der Waals surface area contributed by atoms with E-state index in [0.29, 0.717) is 36.2 Å². The number of allylic oxidation sites excluding steroid dienone is 2. The van der Waals surface area contributed by atoms with Gasteiger partial charge in [0.2, 0.25) is 11.6 Å². The van der Waals surface area contributed by atoms with Crippen LogP contribution >= 0.6 is 0 Å². The highest BCUT2D eigenvalue weighted by molar-refractivity contribution is 5.67. The molecule has 2 nitrogen and oxygen atoms in total. The summed E-state index contributed by atoms with van der Waals surface area (Å²) in [7, 11) is 0. The molecule has 44 heavy (non-hydrogen) atoms. The molecule has 3 aliphatic carbocycles. The van der Waals surface area contributed by atoms with Gasteiger partial charge >= 0.3 is 0 Å². The lowest BCUT2D eigenvalue weighted by atomic mass is 9.69. The summed E-state index contributed by atoms with van der Waals surface area (Å²) >= 11 is 0. The SMILES string of the molecule is CCCCOc1ccc(C2CCC(CCC3CCC(C4CC=C(c5ccc(OCC)c(F)c5F)CC4)CC3)CC2)c(F)c1F. The first-order valence-electron chi connectivity index (χ1n) is 17.3. The third-order valence-corrected chi connectivity index (χ3v) is 10.8. The Balaban J connectivity index is 1.03. The number of hydrogen-bond acceptors (Lipinski definition) is 2. The molecular weight excluding hydrogens is 564 g/mol. The lowest BCUT2D eigenvalue weighted by Gasteiger charge is -2.36. The average Bonchev–Trinajstić information content (AvgIpc) is 3.05. The zero-order chi connectivity index (χ0) is 31.1. The Morgan fingerprint density at radius 3 is 1.93 bits per heavy atom. The van der Waals surface area contributed by atoms with E-state index in [-0.39, 0.29) is 17.4 Å². The minimum atomic E-state index is -0.888. The Bertz CT molecular complexity index is 1260. The molecule has 5 rings (SSSR count). The maximum absolute atomic E-state index is 14.9. The molecule has 2 aromatic carbocycles. The van der Waals surface area contributed by atoms with Crippen molar-refractivity contribution in [3.05, 3.63) is 64.7 Å². The highest BCUT2D eigenvalue weighted by Gasteiger charge is 2.31. The van der Waals surface area contributed by atoms with E-state index in [4.69, 9.17) is 9.47 Å². The molecule has 0 aromatic heterocycles. The molecule has 0 N–H and O–H groups in total. The van der Waals surface area contributed by atoms with Crippen molar-refractivity contribution in [3.63, 3.8) is 0 Å². The van der Waals surface area contributed by atoms with E-state index in [0.717, 1.165) is 75.2 Å². The van der Waals surface area contributed by atoms with Gasteiger partial charge in [0.25, 0.3) is 0 Å². The highest BCUT2D eigenvalue weighted by atomic mass is 19.2. The van der Waals surface area contributed by atoms with E-state index in [1.807, 2.05) is 6.92 Å². The minimum absolute atomic E-state index is 0.0193. The van der Waals surface area contributed by atoms with Crippen LogP contribution in [0.3, 0.4) is 0 Å². The Kier molecular flexibility index (Phi) is 11.7. The van der Waals surface area contributed by atoms with Crippen molar-refractivity contribution in [2.75, 3.05) is 13.2 Å². The number of benzene rings is 2. The van der Waals surface area contributed by atoms with Crippen LogP contribution in [0.2, 0.25) is 0 Å². The average molecular weight is 615 g/mol. The van der Waals surface area contributed by atoms with Gasteiger partial charge in [-0.05, 0) is 130 Å². The van der Waals surface area contributed by atoms with E-state index in [1.165, 1.54) is 38.5 Å². The number of hydrogen-bond donors (Lipinski definition) is 0. The largest absolute Gasteiger partial charge is 0.491 e. The fourth-order valence-electron chi connectivity index (χ4n) is 8.06. The summed E-state index contributed by atoms with van der Waals surface area (Å²) in [6.07, 6.45) is 18.3. The van der Waals surface area contributed by atoms with Crippen LogP contribution < -0.4 is 9.47 Å². The Labute approximate surface area is 261 Å². The van der Waals surface area contributed by atoms with Crippen LogP contribution in [0.4, 0.5) is 17.6 Å². The molecule has 1 unspecified atom stereocenters. The van der Waals surface area contributed by atoms with Crippen molar-refractivity contribution < 1.29 is 27.0 Å². The molecular formula is C38H50F4O2. The molecule has 0 radical (unpaired) electrons. The van der Waals surface area contributed by atoms with Gasteiger partial charge in [-0.3, -0.25) is 0 Å². The molecule has 1 atom stereocenters. The molecule has 0 bridgehead atoms. The molecule has 0 aliphatic heterocycles. The first kappa shape index (κ1) is 32.9. The molecule has 0 amide bonds. The van der Waals surface area contributed by atoms with Crippen molar-refractivity contribution in [2.24, 2.45) is 23.7 Å². The summed E-state index contributed by atoms with van der Waals surface area (Å²) < 4.78 is 69.3. The van der Waals surface area contributed by atoms with Crippen molar-refractivity contribution >= 4 is 5.57 Å². The van der Waals surface area contributed by atoms with Crippen molar-refractivity contribution in [2.45, 2.75) is 116 Å². The summed E-state index contributed by atoms with van der Waals surface area (Å²) in [6, 6.07) is 6.55. The van der Waals surface area contributed by atoms with Gasteiger partial charge in [0.1, 0.15) is 0 Å². The van der Waals surface area contributed by atoms with Crippen LogP contribution in [0.1, 0.15) is 127 Å². The molecule has 3 aliphatic rings. The van der Waals surface area contributed by atoms with Gasteiger partial charge in [-0.25, -0.2) is 8.78 Å². The maximum Gasteiger partial charge on any atom is 0.201 e. The second-order valence-corrected chi connectivity index (χ2v) is 13.5. The normalized spacial score (nSPS) is 25.9. The van der Waals surface area contributed by atoms with Crippen molar-refractivity contribution in [1.82, 2.24) is 0 Å². The van der Waals surface area contributed by atoms with Gasteiger partial charge in [-0.2, -0.15) is 8.78 Å². The van der Waals surface area contributed by atoms with Gasteiger partial charge in [0.15, 0.2) is 23.1 Å². The van der Waals surface area contributed by atoms with Crippen molar-refractivity contribution in [1.29, 1.82) is 0 Å². The second-order valence-electron chi connectivity index (χ2n) is 13.5. The Morgan fingerprint density at radius 1 is 0.659 bits per heavy atom. The Morgan fingerprint density at radius 2 is 1.30 bits per heavy atom. The summed E-state index contributed by atoms with van der Waals surface area (Å²) in [6.45, 7) is 4.52. The first-order chi connectivity index (χ1) is 21.4. The van der Waals surface area contributed by atoms with Gasteiger partial charge < -0.3 is 9.47 Å². The van der Waals surface area contributed by atoms with E-state index < -0.39 is 23.3 Å². The van der Waals surface area contributed by atoms with Gasteiger partial charge in [0.05, 0.1) is 13.2 Å². The van der Waals surface area contributed by atoms with Crippen LogP contribution in [-0.2, 0) is 0 Å². The van der Waals surface area contributed by atoms with Crippen LogP contribution in [-0.4, -0.2) is 13.2 Å². The molecule has 0 saturated heterocycles. The standard InChI is InChI=1S/C38H50F4O2/c1-3-5-24-44-34-23-21-31(36(40)38(34)42)29-14-10-26(11-15-29)7-6-25-8-12-27(13-9-25)28-16-18-30(19-17-28)32-20-22-33(43-4-2)37(41)35(32)39/h18,20-23,25-29H,3-17,19,24H2,1-2H3. The van der Waals surface area contributed by atoms with Gasteiger partial charge in [0, 0.05) is 5.56 Å². The monoisotopic (exact) mass is 614 g/mol. The molecule has 242 valence electrons. The second kappa shape index (κ2) is 15.7. The first-order valence-corrected chi connectivity index (χ1v) is 17.3. The lowest BCUT2D eigenvalue weighted by molar-refractivity contribution is 0.179. The van der Waals surface area contributed by atoms with Crippen molar-refractivity contribution in [3.8, 4) is 11.5 Å². The molecule has 2 aromatic rings. The highest BCUT2D eigenvalue weighted by Crippen LogP contribution is 2.45. The number of halogens is 4. The molecule has 6 heteroatoms. The number of ether oxygens (including phenoxy) is 2. The smallest absolute Gasteiger partial charge is 0.201 e. The molecule has 2 saturated carbocycles. The predicted octanol–water partition coefficient (Wildman–Crippen LogP) is 11.6.